The molecule has 1 N–H and O–H groups in total. The molecule has 4 heteroatoms. The highest BCUT2D eigenvalue weighted by Crippen LogP contribution is 2.23. The summed E-state index contributed by atoms with van der Waals surface area (Å²) in [5.74, 6) is 0.108. The highest BCUT2D eigenvalue weighted by molar-refractivity contribution is 6.05. The Bertz CT molecular complexity index is 668. The molecule has 1 atom stereocenters. The Balaban J connectivity index is 1.99. The first kappa shape index (κ1) is 14.0. The van der Waals surface area contributed by atoms with Gasteiger partial charge in [-0.2, -0.15) is 0 Å². The number of rotatable bonds is 3. The number of hydrogen-bond acceptors (Lipinski definition) is 3. The summed E-state index contributed by atoms with van der Waals surface area (Å²) in [4.78, 5) is 19.5. The molecule has 1 saturated heterocycles. The van der Waals surface area contributed by atoms with Gasteiger partial charge in [0, 0.05) is 30.2 Å². The molecule has 2 aromatic rings. The maximum absolute atomic E-state index is 12.9. The Morgan fingerprint density at radius 3 is 3.05 bits per heavy atom. The standard InChI is InChI=1S/C17H21N3O/c1-12-8-9-13-5-3-7-15(16(13)19-12)17(21)20-10-4-6-14(20)11-18-2/h3,5,7-9,14,18H,4,6,10-11H2,1-2H3. The number of benzene rings is 1. The minimum Gasteiger partial charge on any atom is -0.334 e. The average Bonchev–Trinajstić information content (AvgIpc) is 2.94. The van der Waals surface area contributed by atoms with Crippen molar-refractivity contribution in [3.8, 4) is 0 Å². The molecule has 0 saturated carbocycles. The average molecular weight is 283 g/mol. The molecule has 1 amide bonds. The number of carbonyl (C=O) groups is 1. The Kier molecular flexibility index (Phi) is 3.88. The summed E-state index contributed by atoms with van der Waals surface area (Å²) in [6, 6.07) is 10.2. The number of para-hydroxylation sites is 1. The van der Waals surface area contributed by atoms with E-state index in [0.29, 0.717) is 6.04 Å². The van der Waals surface area contributed by atoms with E-state index in [1.807, 2.05) is 49.2 Å². The van der Waals surface area contributed by atoms with Crippen LogP contribution in [0.1, 0.15) is 28.9 Å². The number of nitrogens with zero attached hydrogens (tertiary/aromatic N) is 2. The van der Waals surface area contributed by atoms with Crippen molar-refractivity contribution in [2.75, 3.05) is 20.1 Å². The summed E-state index contributed by atoms with van der Waals surface area (Å²) in [6.07, 6.45) is 2.15. The molecule has 0 aliphatic carbocycles. The maximum Gasteiger partial charge on any atom is 0.256 e. The van der Waals surface area contributed by atoms with Gasteiger partial charge in [0.1, 0.15) is 0 Å². The quantitative estimate of drug-likeness (QED) is 0.940. The zero-order chi connectivity index (χ0) is 14.8. The highest BCUT2D eigenvalue weighted by atomic mass is 16.2. The van der Waals surface area contributed by atoms with E-state index < -0.39 is 0 Å². The number of carbonyl (C=O) groups excluding carboxylic acids is 1. The van der Waals surface area contributed by atoms with E-state index in [2.05, 4.69) is 10.3 Å². The molecule has 1 fully saturated rings. The second kappa shape index (κ2) is 5.82. The molecular weight excluding hydrogens is 262 g/mol. The number of aromatic nitrogens is 1. The van der Waals surface area contributed by atoms with Crippen molar-refractivity contribution in [2.45, 2.75) is 25.8 Å². The SMILES string of the molecule is CNCC1CCCN1C(=O)c1cccc2ccc(C)nc12. The van der Waals surface area contributed by atoms with Crippen LogP contribution in [0.5, 0.6) is 0 Å². The first-order chi connectivity index (χ1) is 10.2. The van der Waals surface area contributed by atoms with Crippen LogP contribution >= 0.6 is 0 Å². The second-order valence-electron chi connectivity index (χ2n) is 5.68. The number of fused-ring (bicyclic) bond motifs is 1. The van der Waals surface area contributed by atoms with Crippen LogP contribution in [0.4, 0.5) is 0 Å². The predicted molar refractivity (Wildman–Crippen MR) is 84.5 cm³/mol. The van der Waals surface area contributed by atoms with Crippen LogP contribution in [0, 0.1) is 6.92 Å². The summed E-state index contributed by atoms with van der Waals surface area (Å²) >= 11 is 0. The molecule has 1 aromatic heterocycles. The molecule has 1 unspecified atom stereocenters. The van der Waals surface area contributed by atoms with Crippen molar-refractivity contribution in [2.24, 2.45) is 0 Å². The molecule has 1 aromatic carbocycles. The van der Waals surface area contributed by atoms with Crippen molar-refractivity contribution in [3.05, 3.63) is 41.6 Å². The van der Waals surface area contributed by atoms with Gasteiger partial charge in [-0.3, -0.25) is 9.78 Å². The number of nitrogens with one attached hydrogen (secondary N) is 1. The monoisotopic (exact) mass is 283 g/mol. The third kappa shape index (κ3) is 2.63. The summed E-state index contributed by atoms with van der Waals surface area (Å²) in [6.45, 7) is 3.65. The van der Waals surface area contributed by atoms with E-state index in [-0.39, 0.29) is 5.91 Å². The number of pyridine rings is 1. The van der Waals surface area contributed by atoms with E-state index in [0.717, 1.165) is 48.1 Å². The number of hydrogen-bond donors (Lipinski definition) is 1. The van der Waals surface area contributed by atoms with Crippen LogP contribution < -0.4 is 5.32 Å². The Morgan fingerprint density at radius 2 is 2.24 bits per heavy atom. The van der Waals surface area contributed by atoms with Crippen molar-refractivity contribution >= 4 is 16.8 Å². The van der Waals surface area contributed by atoms with Crippen molar-refractivity contribution < 1.29 is 4.79 Å². The molecule has 21 heavy (non-hydrogen) atoms. The van der Waals surface area contributed by atoms with Gasteiger partial charge in [-0.1, -0.05) is 18.2 Å². The molecule has 0 spiro atoms. The fraction of sp³-hybridized carbons (Fsp3) is 0.412. The zero-order valence-corrected chi connectivity index (χ0v) is 12.6. The summed E-state index contributed by atoms with van der Waals surface area (Å²) < 4.78 is 0. The highest BCUT2D eigenvalue weighted by Gasteiger charge is 2.29. The van der Waals surface area contributed by atoms with Crippen molar-refractivity contribution in [3.63, 3.8) is 0 Å². The summed E-state index contributed by atoms with van der Waals surface area (Å²) in [7, 11) is 1.93. The number of likely N-dealkylation sites (tertiary alicyclic amines) is 1. The first-order valence-electron chi connectivity index (χ1n) is 7.52. The first-order valence-corrected chi connectivity index (χ1v) is 7.52. The number of likely N-dealkylation sites (N-methyl/N-ethyl adjacent to an activating group) is 1. The van der Waals surface area contributed by atoms with Crippen LogP contribution in [0.2, 0.25) is 0 Å². The van der Waals surface area contributed by atoms with Crippen LogP contribution in [0.3, 0.4) is 0 Å². The lowest BCUT2D eigenvalue weighted by Gasteiger charge is -2.25. The zero-order valence-electron chi connectivity index (χ0n) is 12.6. The normalized spacial score (nSPS) is 18.4. The van der Waals surface area contributed by atoms with E-state index in [9.17, 15) is 4.79 Å². The van der Waals surface area contributed by atoms with Crippen LogP contribution in [-0.4, -0.2) is 42.0 Å². The molecule has 2 heterocycles. The fourth-order valence-corrected chi connectivity index (χ4v) is 3.12. The predicted octanol–water partition coefficient (Wildman–Crippen LogP) is 2.37. The van der Waals surface area contributed by atoms with Gasteiger partial charge in [-0.05, 0) is 38.9 Å². The molecule has 1 aliphatic rings. The maximum atomic E-state index is 12.9. The number of amides is 1. The molecule has 4 nitrogen and oxygen atoms in total. The van der Waals surface area contributed by atoms with Gasteiger partial charge in [0.05, 0.1) is 11.1 Å². The Morgan fingerprint density at radius 1 is 1.38 bits per heavy atom. The largest absolute Gasteiger partial charge is 0.334 e. The lowest BCUT2D eigenvalue weighted by molar-refractivity contribution is 0.0739. The van der Waals surface area contributed by atoms with Crippen molar-refractivity contribution in [1.29, 1.82) is 0 Å². The van der Waals surface area contributed by atoms with Gasteiger partial charge >= 0.3 is 0 Å². The second-order valence-corrected chi connectivity index (χ2v) is 5.68. The van der Waals surface area contributed by atoms with Gasteiger partial charge in [0.25, 0.3) is 5.91 Å². The molecule has 0 bridgehead atoms. The lowest BCUT2D eigenvalue weighted by Crippen LogP contribution is -2.40. The minimum atomic E-state index is 0.108. The van der Waals surface area contributed by atoms with Gasteiger partial charge in [-0.15, -0.1) is 0 Å². The topological polar surface area (TPSA) is 45.2 Å². The van der Waals surface area contributed by atoms with Crippen LogP contribution in [0.15, 0.2) is 30.3 Å². The van der Waals surface area contributed by atoms with Gasteiger partial charge in [0.15, 0.2) is 0 Å². The van der Waals surface area contributed by atoms with Crippen LogP contribution in [-0.2, 0) is 0 Å². The molecule has 110 valence electrons. The third-order valence-corrected chi connectivity index (χ3v) is 4.17. The van der Waals surface area contributed by atoms with E-state index >= 15 is 0 Å². The fourth-order valence-electron chi connectivity index (χ4n) is 3.12. The molecule has 3 rings (SSSR count). The Hall–Kier alpha value is -1.94. The van der Waals surface area contributed by atoms with E-state index in [4.69, 9.17) is 0 Å². The smallest absolute Gasteiger partial charge is 0.256 e. The van der Waals surface area contributed by atoms with Crippen molar-refractivity contribution in [1.82, 2.24) is 15.2 Å². The number of aryl methyl sites for hydroxylation is 1. The van der Waals surface area contributed by atoms with Crippen LogP contribution in [0.25, 0.3) is 10.9 Å². The summed E-state index contributed by atoms with van der Waals surface area (Å²) in [5.41, 5.74) is 2.48. The summed E-state index contributed by atoms with van der Waals surface area (Å²) in [5, 5.41) is 4.21. The molecular formula is C17H21N3O. The van der Waals surface area contributed by atoms with Gasteiger partial charge < -0.3 is 10.2 Å². The molecule has 0 radical (unpaired) electrons. The minimum absolute atomic E-state index is 0.108. The van der Waals surface area contributed by atoms with E-state index in [1.165, 1.54) is 0 Å². The lowest BCUT2D eigenvalue weighted by atomic mass is 10.1. The molecule has 1 aliphatic heterocycles. The Labute approximate surface area is 125 Å². The van der Waals surface area contributed by atoms with E-state index in [1.54, 1.807) is 0 Å². The third-order valence-electron chi connectivity index (χ3n) is 4.17. The van der Waals surface area contributed by atoms with Gasteiger partial charge in [0.2, 0.25) is 0 Å². The van der Waals surface area contributed by atoms with Gasteiger partial charge in [-0.25, -0.2) is 0 Å².